The summed E-state index contributed by atoms with van der Waals surface area (Å²) in [6.45, 7) is 0. The van der Waals surface area contributed by atoms with Gasteiger partial charge in [0.1, 0.15) is 0 Å². The lowest BCUT2D eigenvalue weighted by atomic mass is 10.2. The maximum Gasteiger partial charge on any atom is 0.347 e. The van der Waals surface area contributed by atoms with Gasteiger partial charge in [0.25, 0.3) is 5.69 Å². The Kier molecular flexibility index (Phi) is 3.89. The first-order chi connectivity index (χ1) is 11.0. The number of hydrogen-bond donors (Lipinski definition) is 1. The molecule has 1 heterocycles. The van der Waals surface area contributed by atoms with E-state index in [4.69, 9.17) is 23.2 Å². The van der Waals surface area contributed by atoms with E-state index in [2.05, 4.69) is 10.4 Å². The second-order valence-corrected chi connectivity index (χ2v) is 5.43. The highest BCUT2D eigenvalue weighted by molar-refractivity contribution is 6.42. The number of carbonyl (C=O) groups is 1. The van der Waals surface area contributed by atoms with Crippen molar-refractivity contribution in [2.75, 3.05) is 5.32 Å². The number of nitrogens with one attached hydrogen (secondary N) is 1. The Hall–Kier alpha value is -2.64. The average molecular weight is 351 g/mol. The maximum absolute atomic E-state index is 12.3. The molecule has 7 nitrogen and oxygen atoms in total. The molecule has 3 aromatic rings. The van der Waals surface area contributed by atoms with Crippen LogP contribution in [-0.2, 0) is 0 Å². The van der Waals surface area contributed by atoms with E-state index in [1.165, 1.54) is 30.5 Å². The molecule has 2 aromatic carbocycles. The molecular formula is C14H8Cl2N4O3. The van der Waals surface area contributed by atoms with Crippen molar-refractivity contribution in [2.45, 2.75) is 0 Å². The lowest BCUT2D eigenvalue weighted by molar-refractivity contribution is -0.384. The zero-order valence-corrected chi connectivity index (χ0v) is 12.9. The Bertz CT molecular complexity index is 939. The van der Waals surface area contributed by atoms with Crippen molar-refractivity contribution in [3.8, 4) is 0 Å². The number of nitro benzene ring substituents is 1. The van der Waals surface area contributed by atoms with Crippen LogP contribution < -0.4 is 5.32 Å². The van der Waals surface area contributed by atoms with Gasteiger partial charge >= 0.3 is 6.03 Å². The number of carbonyl (C=O) groups excluding carboxylic acids is 1. The van der Waals surface area contributed by atoms with Gasteiger partial charge in [0.15, 0.2) is 0 Å². The number of fused-ring (bicyclic) bond motifs is 1. The highest BCUT2D eigenvalue weighted by atomic mass is 35.5. The molecule has 0 atom stereocenters. The summed E-state index contributed by atoms with van der Waals surface area (Å²) in [6, 6.07) is 8.28. The van der Waals surface area contributed by atoms with Gasteiger partial charge in [-0.15, -0.1) is 0 Å². The van der Waals surface area contributed by atoms with E-state index in [1.807, 2.05) is 0 Å². The van der Waals surface area contributed by atoms with Crippen LogP contribution in [0.4, 0.5) is 16.2 Å². The summed E-state index contributed by atoms with van der Waals surface area (Å²) in [6.07, 6.45) is 1.39. The fourth-order valence-electron chi connectivity index (χ4n) is 2.05. The maximum atomic E-state index is 12.3. The van der Waals surface area contributed by atoms with Crippen molar-refractivity contribution >= 4 is 51.5 Å². The molecule has 23 heavy (non-hydrogen) atoms. The molecule has 0 saturated carbocycles. The number of non-ortho nitro benzene ring substituents is 1. The number of anilines is 1. The van der Waals surface area contributed by atoms with Crippen LogP contribution in [0, 0.1) is 10.1 Å². The van der Waals surface area contributed by atoms with Crippen LogP contribution >= 0.6 is 23.2 Å². The monoisotopic (exact) mass is 350 g/mol. The number of halogens is 2. The van der Waals surface area contributed by atoms with Gasteiger partial charge in [-0.05, 0) is 24.3 Å². The molecule has 1 amide bonds. The third kappa shape index (κ3) is 2.96. The van der Waals surface area contributed by atoms with Crippen LogP contribution in [0.3, 0.4) is 0 Å². The normalized spacial score (nSPS) is 10.7. The van der Waals surface area contributed by atoms with E-state index >= 15 is 0 Å². The molecule has 1 N–H and O–H groups in total. The fraction of sp³-hybridized carbons (Fsp3) is 0. The second kappa shape index (κ2) is 5.86. The predicted octanol–water partition coefficient (Wildman–Crippen LogP) is 4.33. The topological polar surface area (TPSA) is 90.1 Å². The first kappa shape index (κ1) is 15.3. The van der Waals surface area contributed by atoms with Gasteiger partial charge < -0.3 is 5.32 Å². The van der Waals surface area contributed by atoms with E-state index < -0.39 is 11.0 Å². The van der Waals surface area contributed by atoms with Gasteiger partial charge in [-0.3, -0.25) is 10.1 Å². The van der Waals surface area contributed by atoms with Crippen molar-refractivity contribution in [2.24, 2.45) is 0 Å². The number of nitro groups is 1. The zero-order valence-electron chi connectivity index (χ0n) is 11.4. The minimum absolute atomic E-state index is 0.0676. The van der Waals surface area contributed by atoms with Crippen LogP contribution in [-0.4, -0.2) is 20.7 Å². The van der Waals surface area contributed by atoms with Gasteiger partial charge in [0.2, 0.25) is 0 Å². The van der Waals surface area contributed by atoms with Gasteiger partial charge in [0.05, 0.1) is 26.7 Å². The summed E-state index contributed by atoms with van der Waals surface area (Å²) in [5.74, 6) is 0. The molecular weight excluding hydrogens is 343 g/mol. The van der Waals surface area contributed by atoms with Gasteiger partial charge in [-0.2, -0.15) is 9.78 Å². The minimum atomic E-state index is -0.521. The smallest absolute Gasteiger partial charge is 0.306 e. The van der Waals surface area contributed by atoms with Crippen LogP contribution in [0.5, 0.6) is 0 Å². The van der Waals surface area contributed by atoms with E-state index in [0.717, 1.165) is 4.68 Å². The molecule has 0 radical (unpaired) electrons. The molecule has 0 aliphatic carbocycles. The van der Waals surface area contributed by atoms with Gasteiger partial charge in [-0.1, -0.05) is 23.2 Å². The Morgan fingerprint density at radius 1 is 1.17 bits per heavy atom. The molecule has 0 aliphatic rings. The summed E-state index contributed by atoms with van der Waals surface area (Å²) in [4.78, 5) is 22.5. The number of hydrogen-bond acceptors (Lipinski definition) is 4. The number of nitrogens with zero attached hydrogens (tertiary/aromatic N) is 3. The summed E-state index contributed by atoms with van der Waals surface area (Å²) >= 11 is 11.7. The van der Waals surface area contributed by atoms with Crippen molar-refractivity contribution < 1.29 is 9.72 Å². The molecule has 0 unspecified atom stereocenters. The summed E-state index contributed by atoms with van der Waals surface area (Å²) in [5.41, 5.74) is 0.838. The lowest BCUT2D eigenvalue weighted by Crippen LogP contribution is -2.20. The van der Waals surface area contributed by atoms with E-state index in [-0.39, 0.29) is 5.69 Å². The Balaban J connectivity index is 1.91. The van der Waals surface area contributed by atoms with Gasteiger partial charge in [-0.25, -0.2) is 4.79 Å². The quantitative estimate of drug-likeness (QED) is 0.550. The van der Waals surface area contributed by atoms with Crippen LogP contribution in [0.15, 0.2) is 42.6 Å². The molecule has 0 fully saturated rings. The summed E-state index contributed by atoms with van der Waals surface area (Å²) in [5, 5.41) is 18.5. The van der Waals surface area contributed by atoms with Crippen LogP contribution in [0.1, 0.15) is 0 Å². The molecule has 116 valence electrons. The van der Waals surface area contributed by atoms with Crippen LogP contribution in [0.2, 0.25) is 10.0 Å². The second-order valence-electron chi connectivity index (χ2n) is 4.62. The highest BCUT2D eigenvalue weighted by Crippen LogP contribution is 2.25. The zero-order chi connectivity index (χ0) is 16.6. The Morgan fingerprint density at radius 3 is 2.65 bits per heavy atom. The number of aromatic nitrogens is 2. The van der Waals surface area contributed by atoms with E-state index in [9.17, 15) is 14.9 Å². The van der Waals surface area contributed by atoms with Crippen molar-refractivity contribution in [1.29, 1.82) is 0 Å². The Morgan fingerprint density at radius 2 is 1.96 bits per heavy atom. The Labute approximate surface area is 139 Å². The molecule has 0 spiro atoms. The lowest BCUT2D eigenvalue weighted by Gasteiger charge is -2.07. The third-order valence-corrected chi connectivity index (χ3v) is 3.86. The van der Waals surface area contributed by atoms with E-state index in [0.29, 0.717) is 26.6 Å². The number of amides is 1. The third-order valence-electron chi connectivity index (χ3n) is 3.13. The van der Waals surface area contributed by atoms with Crippen molar-refractivity contribution in [3.05, 3.63) is 62.8 Å². The fourth-order valence-corrected chi connectivity index (χ4v) is 2.34. The average Bonchev–Trinajstić information content (AvgIpc) is 2.94. The summed E-state index contributed by atoms with van der Waals surface area (Å²) < 4.78 is 1.11. The molecule has 0 bridgehead atoms. The first-order valence-electron chi connectivity index (χ1n) is 6.34. The molecule has 1 aromatic heterocycles. The molecule has 0 aliphatic heterocycles. The number of rotatable bonds is 2. The SMILES string of the molecule is O=C(Nc1ccc(Cl)c(Cl)c1)n1ncc2cc([N+](=O)[O-])ccc21. The predicted molar refractivity (Wildman–Crippen MR) is 87.3 cm³/mol. The number of benzene rings is 2. The molecule has 9 heteroatoms. The van der Waals surface area contributed by atoms with Crippen molar-refractivity contribution in [1.82, 2.24) is 9.78 Å². The van der Waals surface area contributed by atoms with E-state index in [1.54, 1.807) is 12.1 Å². The first-order valence-corrected chi connectivity index (χ1v) is 7.10. The minimum Gasteiger partial charge on any atom is -0.306 e. The van der Waals surface area contributed by atoms with Crippen molar-refractivity contribution in [3.63, 3.8) is 0 Å². The van der Waals surface area contributed by atoms with Gasteiger partial charge in [0, 0.05) is 23.2 Å². The van der Waals surface area contributed by atoms with Crippen LogP contribution in [0.25, 0.3) is 10.9 Å². The highest BCUT2D eigenvalue weighted by Gasteiger charge is 2.14. The molecule has 0 saturated heterocycles. The standard InChI is InChI=1S/C14H8Cl2N4O3/c15-11-3-1-9(6-12(11)16)18-14(21)19-13-4-2-10(20(22)23)5-8(13)7-17-19/h1-7H,(H,18,21). The largest absolute Gasteiger partial charge is 0.347 e. The summed E-state index contributed by atoms with van der Waals surface area (Å²) in [7, 11) is 0. The molecule has 3 rings (SSSR count).